The summed E-state index contributed by atoms with van der Waals surface area (Å²) in [5, 5.41) is 8.93. The second-order valence-corrected chi connectivity index (χ2v) is 7.43. The number of carbonyl (C=O) groups is 2. The Kier molecular flexibility index (Phi) is 8.84. The van der Waals surface area contributed by atoms with Crippen molar-refractivity contribution in [2.75, 3.05) is 33.2 Å². The van der Waals surface area contributed by atoms with Gasteiger partial charge in [-0.1, -0.05) is 0 Å². The van der Waals surface area contributed by atoms with Crippen molar-refractivity contribution in [1.82, 2.24) is 20.9 Å². The molecule has 1 aromatic heterocycles. The molecule has 0 bridgehead atoms. The molecule has 1 rings (SSSR count). The largest absolute Gasteiger partial charge is 0.459 e. The molecule has 0 aromatic carbocycles. The fraction of sp³-hybridized carbons (Fsp3) is 0.632. The van der Waals surface area contributed by atoms with E-state index in [2.05, 4.69) is 20.9 Å². The molecule has 2 amide bonds. The molecule has 0 aliphatic rings. The quantitative estimate of drug-likeness (QED) is 0.361. The Bertz CT molecular complexity index is 646. The van der Waals surface area contributed by atoms with Crippen LogP contribution in [0.4, 0.5) is 0 Å². The van der Waals surface area contributed by atoms with Gasteiger partial charge >= 0.3 is 0 Å². The van der Waals surface area contributed by atoms with Crippen LogP contribution in [0.5, 0.6) is 0 Å². The summed E-state index contributed by atoms with van der Waals surface area (Å²) in [4.78, 5) is 30.3. The van der Waals surface area contributed by atoms with Gasteiger partial charge in [-0.05, 0) is 47.1 Å². The van der Waals surface area contributed by atoms with Crippen LogP contribution in [0.25, 0.3) is 0 Å². The third-order valence-corrected chi connectivity index (χ3v) is 3.54. The fourth-order valence-electron chi connectivity index (χ4n) is 2.37. The topological polar surface area (TPSA) is 99.0 Å². The van der Waals surface area contributed by atoms with E-state index in [9.17, 15) is 9.59 Å². The van der Waals surface area contributed by atoms with Crippen molar-refractivity contribution in [2.24, 2.45) is 4.99 Å². The number of hydrogen-bond acceptors (Lipinski definition) is 4. The molecule has 0 atom stereocenters. The zero-order chi connectivity index (χ0) is 20.4. The summed E-state index contributed by atoms with van der Waals surface area (Å²) in [5.74, 6) is 0.729. The maximum absolute atomic E-state index is 12.1. The first-order valence-corrected chi connectivity index (χ1v) is 9.26. The van der Waals surface area contributed by atoms with E-state index in [0.29, 0.717) is 37.8 Å². The molecule has 0 aliphatic heterocycles. The Morgan fingerprint density at radius 2 is 1.96 bits per heavy atom. The number of furan rings is 1. The minimum absolute atomic E-state index is 0.0586. The Morgan fingerprint density at radius 1 is 1.26 bits per heavy atom. The van der Waals surface area contributed by atoms with Crippen LogP contribution in [0, 0.1) is 6.92 Å². The minimum atomic E-state index is -0.266. The molecule has 1 aromatic rings. The SMILES string of the molecule is CCNC(=NCCCNC(=O)c1occc1C)N(C)CC(=O)NC(C)(C)C. The lowest BCUT2D eigenvalue weighted by Gasteiger charge is -2.25. The van der Waals surface area contributed by atoms with Crippen LogP contribution >= 0.6 is 0 Å². The van der Waals surface area contributed by atoms with Gasteiger partial charge in [0.1, 0.15) is 0 Å². The number of aryl methyl sites for hydroxylation is 1. The summed E-state index contributed by atoms with van der Waals surface area (Å²) in [6.07, 6.45) is 2.19. The number of nitrogens with one attached hydrogen (secondary N) is 3. The molecule has 0 radical (unpaired) electrons. The van der Waals surface area contributed by atoms with E-state index in [0.717, 1.165) is 5.56 Å². The van der Waals surface area contributed by atoms with Crippen molar-refractivity contribution in [3.8, 4) is 0 Å². The van der Waals surface area contributed by atoms with Gasteiger partial charge in [0, 0.05) is 37.8 Å². The molecule has 8 heteroatoms. The summed E-state index contributed by atoms with van der Waals surface area (Å²) in [6, 6.07) is 1.76. The van der Waals surface area contributed by atoms with Gasteiger partial charge in [0.25, 0.3) is 5.91 Å². The third-order valence-electron chi connectivity index (χ3n) is 3.54. The van der Waals surface area contributed by atoms with Crippen molar-refractivity contribution in [3.05, 3.63) is 23.7 Å². The first kappa shape index (κ1) is 22.5. The number of carbonyl (C=O) groups excluding carboxylic acids is 2. The molecular formula is C19H33N5O3. The first-order valence-electron chi connectivity index (χ1n) is 9.26. The lowest BCUT2D eigenvalue weighted by atomic mass is 10.1. The van der Waals surface area contributed by atoms with Crippen molar-refractivity contribution in [3.63, 3.8) is 0 Å². The standard InChI is InChI=1S/C19H33N5O3/c1-7-20-18(24(6)13-15(25)23-19(3,4)5)22-11-8-10-21-17(26)16-14(2)9-12-27-16/h9,12H,7-8,10-11,13H2,1-6H3,(H,20,22)(H,21,26)(H,23,25). The highest BCUT2D eigenvalue weighted by molar-refractivity contribution is 5.92. The van der Waals surface area contributed by atoms with Gasteiger partial charge in [0.2, 0.25) is 5.91 Å². The molecule has 0 saturated heterocycles. The Labute approximate surface area is 161 Å². The minimum Gasteiger partial charge on any atom is -0.459 e. The Balaban J connectivity index is 2.45. The zero-order valence-corrected chi connectivity index (χ0v) is 17.3. The predicted octanol–water partition coefficient (Wildman–Crippen LogP) is 1.52. The third kappa shape index (κ3) is 8.61. The molecule has 8 nitrogen and oxygen atoms in total. The average Bonchev–Trinajstić information content (AvgIpc) is 2.97. The molecule has 0 saturated carbocycles. The molecule has 3 N–H and O–H groups in total. The van der Waals surface area contributed by atoms with E-state index < -0.39 is 0 Å². The van der Waals surface area contributed by atoms with Crippen LogP contribution in [0.3, 0.4) is 0 Å². The number of amides is 2. The van der Waals surface area contributed by atoms with Crippen LogP contribution in [-0.4, -0.2) is 61.4 Å². The molecular weight excluding hydrogens is 346 g/mol. The number of guanidine groups is 1. The molecule has 0 spiro atoms. The van der Waals surface area contributed by atoms with Crippen LogP contribution in [0.15, 0.2) is 21.7 Å². The van der Waals surface area contributed by atoms with Gasteiger partial charge in [0.15, 0.2) is 11.7 Å². The average molecular weight is 380 g/mol. The maximum atomic E-state index is 12.1. The lowest BCUT2D eigenvalue weighted by molar-refractivity contribution is -0.122. The summed E-state index contributed by atoms with van der Waals surface area (Å²) in [6.45, 7) is 11.6. The lowest BCUT2D eigenvalue weighted by Crippen LogP contribution is -2.48. The smallest absolute Gasteiger partial charge is 0.287 e. The maximum Gasteiger partial charge on any atom is 0.287 e. The molecule has 0 fully saturated rings. The van der Waals surface area contributed by atoms with E-state index in [-0.39, 0.29) is 23.9 Å². The van der Waals surface area contributed by atoms with Crippen LogP contribution in [-0.2, 0) is 4.79 Å². The highest BCUT2D eigenvalue weighted by Crippen LogP contribution is 2.07. The predicted molar refractivity (Wildman–Crippen MR) is 107 cm³/mol. The molecule has 1 heterocycles. The first-order chi connectivity index (χ1) is 12.6. The molecule has 27 heavy (non-hydrogen) atoms. The van der Waals surface area contributed by atoms with Crippen molar-refractivity contribution >= 4 is 17.8 Å². The van der Waals surface area contributed by atoms with Crippen LogP contribution in [0.1, 0.15) is 50.2 Å². The highest BCUT2D eigenvalue weighted by atomic mass is 16.3. The highest BCUT2D eigenvalue weighted by Gasteiger charge is 2.16. The van der Waals surface area contributed by atoms with Crippen LogP contribution in [0.2, 0.25) is 0 Å². The second-order valence-electron chi connectivity index (χ2n) is 7.43. The zero-order valence-electron chi connectivity index (χ0n) is 17.3. The molecule has 0 aliphatic carbocycles. The second kappa shape index (κ2) is 10.6. The summed E-state index contributed by atoms with van der Waals surface area (Å²) in [7, 11) is 1.82. The van der Waals surface area contributed by atoms with Crippen molar-refractivity contribution in [2.45, 2.75) is 46.6 Å². The van der Waals surface area contributed by atoms with Crippen molar-refractivity contribution in [1.29, 1.82) is 0 Å². The molecule has 152 valence electrons. The van der Waals surface area contributed by atoms with Crippen molar-refractivity contribution < 1.29 is 14.0 Å². The van der Waals surface area contributed by atoms with E-state index in [1.807, 2.05) is 41.7 Å². The van der Waals surface area contributed by atoms with Gasteiger partial charge in [-0.3, -0.25) is 14.6 Å². The van der Waals surface area contributed by atoms with Gasteiger partial charge in [-0.2, -0.15) is 0 Å². The number of aliphatic imine (C=N–C) groups is 1. The number of likely N-dealkylation sites (N-methyl/N-ethyl adjacent to an activating group) is 1. The summed E-state index contributed by atoms with van der Waals surface area (Å²) in [5.41, 5.74) is 0.549. The van der Waals surface area contributed by atoms with Gasteiger partial charge in [-0.25, -0.2) is 0 Å². The summed E-state index contributed by atoms with van der Waals surface area (Å²) < 4.78 is 5.16. The van der Waals surface area contributed by atoms with Crippen LogP contribution < -0.4 is 16.0 Å². The monoisotopic (exact) mass is 379 g/mol. The Hall–Kier alpha value is -2.51. The van der Waals surface area contributed by atoms with Gasteiger partial charge in [0.05, 0.1) is 12.8 Å². The summed E-state index contributed by atoms with van der Waals surface area (Å²) >= 11 is 0. The number of rotatable bonds is 8. The molecule has 0 unspecified atom stereocenters. The fourth-order valence-corrected chi connectivity index (χ4v) is 2.37. The van der Waals surface area contributed by atoms with E-state index in [1.54, 1.807) is 11.0 Å². The number of nitrogens with zero attached hydrogens (tertiary/aromatic N) is 2. The van der Waals surface area contributed by atoms with E-state index in [1.165, 1.54) is 6.26 Å². The van der Waals surface area contributed by atoms with Gasteiger partial charge in [-0.15, -0.1) is 0 Å². The number of hydrogen-bond donors (Lipinski definition) is 3. The van der Waals surface area contributed by atoms with Gasteiger partial charge < -0.3 is 25.3 Å². The van der Waals surface area contributed by atoms with E-state index in [4.69, 9.17) is 4.42 Å². The normalized spacial score (nSPS) is 11.9. The Morgan fingerprint density at radius 3 is 2.52 bits per heavy atom. The van der Waals surface area contributed by atoms with E-state index >= 15 is 0 Å².